The third kappa shape index (κ3) is 3.33. The Labute approximate surface area is 117 Å². The zero-order valence-electron chi connectivity index (χ0n) is 12.3. The van der Waals surface area contributed by atoms with Gasteiger partial charge in [0.25, 0.3) is 0 Å². The molecule has 0 aliphatic carbocycles. The van der Waals surface area contributed by atoms with Crippen molar-refractivity contribution in [2.45, 2.75) is 33.8 Å². The van der Waals surface area contributed by atoms with Gasteiger partial charge in [0.05, 0.1) is 5.69 Å². The van der Waals surface area contributed by atoms with Crippen molar-refractivity contribution in [2.24, 2.45) is 0 Å². The van der Waals surface area contributed by atoms with E-state index >= 15 is 0 Å². The summed E-state index contributed by atoms with van der Waals surface area (Å²) in [6.45, 7) is 6.14. The summed E-state index contributed by atoms with van der Waals surface area (Å²) in [6, 6.07) is 0. The van der Waals surface area contributed by atoms with Crippen molar-refractivity contribution in [1.29, 1.82) is 0 Å². The van der Waals surface area contributed by atoms with Crippen molar-refractivity contribution in [1.82, 2.24) is 4.98 Å². The van der Waals surface area contributed by atoms with Crippen LogP contribution >= 0.6 is 0 Å². The predicted octanol–water partition coefficient (Wildman–Crippen LogP) is 1.59. The van der Waals surface area contributed by atoms with Gasteiger partial charge in [0.1, 0.15) is 6.61 Å². The number of aromatic amines is 1. The van der Waals surface area contributed by atoms with E-state index in [0.717, 1.165) is 0 Å². The van der Waals surface area contributed by atoms with E-state index < -0.39 is 12.1 Å². The molecule has 0 saturated carbocycles. The molecule has 110 valence electrons. The Kier molecular flexibility index (Phi) is 5.21. The number of carbonyl (C=O) groups excluding carboxylic acids is 3. The van der Waals surface area contributed by atoms with E-state index in [2.05, 4.69) is 9.72 Å². The third-order valence-corrected chi connectivity index (χ3v) is 2.98. The summed E-state index contributed by atoms with van der Waals surface area (Å²) in [7, 11) is 1.37. The Morgan fingerprint density at radius 1 is 1.25 bits per heavy atom. The smallest absolute Gasteiger partial charge is 0.332 e. The molecule has 1 rings (SSSR count). The average molecular weight is 281 g/mol. The van der Waals surface area contributed by atoms with Gasteiger partial charge in [-0.3, -0.25) is 9.59 Å². The van der Waals surface area contributed by atoms with Gasteiger partial charge >= 0.3 is 5.97 Å². The first-order chi connectivity index (χ1) is 9.29. The van der Waals surface area contributed by atoms with Crippen LogP contribution in [0.1, 0.15) is 46.0 Å². The second-order valence-electron chi connectivity index (χ2n) is 4.61. The molecule has 0 saturated heterocycles. The normalized spacial score (nSPS) is 12.1. The number of ketones is 2. The van der Waals surface area contributed by atoms with Crippen LogP contribution in [0.4, 0.5) is 0 Å². The Morgan fingerprint density at radius 3 is 2.30 bits per heavy atom. The van der Waals surface area contributed by atoms with E-state index in [9.17, 15) is 14.4 Å². The molecule has 1 heterocycles. The van der Waals surface area contributed by atoms with Gasteiger partial charge in [-0.2, -0.15) is 0 Å². The third-order valence-electron chi connectivity index (χ3n) is 2.98. The van der Waals surface area contributed by atoms with Crippen LogP contribution in [0, 0.1) is 13.8 Å². The van der Waals surface area contributed by atoms with Crippen LogP contribution in [-0.2, 0) is 14.3 Å². The number of rotatable bonds is 6. The predicted molar refractivity (Wildman–Crippen MR) is 72.0 cm³/mol. The van der Waals surface area contributed by atoms with Gasteiger partial charge < -0.3 is 14.5 Å². The maximum Gasteiger partial charge on any atom is 0.332 e. The molecule has 0 spiro atoms. The summed E-state index contributed by atoms with van der Waals surface area (Å²) < 4.78 is 9.58. The van der Waals surface area contributed by atoms with E-state index in [1.54, 1.807) is 13.8 Å². The average Bonchev–Trinajstić information content (AvgIpc) is 2.63. The number of hydrogen-bond donors (Lipinski definition) is 1. The lowest BCUT2D eigenvalue weighted by atomic mass is 10.0. The molecule has 1 N–H and O–H groups in total. The zero-order chi connectivity index (χ0) is 15.4. The van der Waals surface area contributed by atoms with Crippen molar-refractivity contribution < 1.29 is 23.9 Å². The molecule has 0 radical (unpaired) electrons. The number of hydrogen-bond acceptors (Lipinski definition) is 5. The number of Topliss-reactive ketones (excluding diaryl/α,β-unsaturated/α-hetero) is 2. The minimum absolute atomic E-state index is 0.112. The standard InChI is InChI=1S/C14H19NO5/c1-7-12(9(3)16)8(2)15-13(7)14(18)10(4)20-11(17)6-19-5/h10,15H,6H2,1-5H3/t10-/m1/s1. The maximum absolute atomic E-state index is 12.2. The molecule has 0 bridgehead atoms. The van der Waals surface area contributed by atoms with Gasteiger partial charge in [0.15, 0.2) is 11.9 Å². The highest BCUT2D eigenvalue weighted by Gasteiger charge is 2.25. The fourth-order valence-corrected chi connectivity index (χ4v) is 2.13. The molecule has 1 atom stereocenters. The molecule has 1 aromatic rings. The van der Waals surface area contributed by atoms with Crippen LogP contribution in [0.5, 0.6) is 0 Å². The summed E-state index contributed by atoms with van der Waals surface area (Å²) in [5.74, 6) is -1.09. The highest BCUT2D eigenvalue weighted by molar-refractivity contribution is 6.05. The Morgan fingerprint density at radius 2 is 1.85 bits per heavy atom. The summed E-state index contributed by atoms with van der Waals surface area (Å²) in [6.07, 6.45) is -0.936. The Bertz CT molecular complexity index is 544. The molecule has 0 fully saturated rings. The summed E-state index contributed by atoms with van der Waals surface area (Å²) >= 11 is 0. The summed E-state index contributed by atoms with van der Waals surface area (Å²) in [4.78, 5) is 37.9. The topological polar surface area (TPSA) is 85.5 Å². The van der Waals surface area contributed by atoms with Crippen molar-refractivity contribution >= 4 is 17.5 Å². The van der Waals surface area contributed by atoms with Gasteiger partial charge in [-0.1, -0.05) is 0 Å². The first-order valence-corrected chi connectivity index (χ1v) is 6.22. The van der Waals surface area contributed by atoms with E-state index in [1.165, 1.54) is 21.0 Å². The summed E-state index contributed by atoms with van der Waals surface area (Å²) in [5, 5.41) is 0. The number of carbonyl (C=O) groups is 3. The van der Waals surface area contributed by atoms with Crippen molar-refractivity contribution in [3.05, 3.63) is 22.5 Å². The van der Waals surface area contributed by atoms with Crippen molar-refractivity contribution in [3.63, 3.8) is 0 Å². The number of H-pyrrole nitrogens is 1. The highest BCUT2D eigenvalue weighted by atomic mass is 16.6. The largest absolute Gasteiger partial charge is 0.452 e. The first-order valence-electron chi connectivity index (χ1n) is 6.22. The van der Waals surface area contributed by atoms with Gasteiger partial charge in [-0.25, -0.2) is 4.79 Å². The van der Waals surface area contributed by atoms with E-state index in [-0.39, 0.29) is 18.2 Å². The highest BCUT2D eigenvalue weighted by Crippen LogP contribution is 2.20. The number of esters is 1. The van der Waals surface area contributed by atoms with Gasteiger partial charge in [-0.15, -0.1) is 0 Å². The molecule has 6 heteroatoms. The zero-order valence-corrected chi connectivity index (χ0v) is 12.3. The van der Waals surface area contributed by atoms with Crippen LogP contribution in [0.25, 0.3) is 0 Å². The molecular formula is C14H19NO5. The Balaban J connectivity index is 2.95. The van der Waals surface area contributed by atoms with Crippen LogP contribution in [0.3, 0.4) is 0 Å². The number of methoxy groups -OCH3 is 1. The van der Waals surface area contributed by atoms with E-state index in [1.807, 2.05) is 0 Å². The van der Waals surface area contributed by atoms with Crippen LogP contribution in [0.15, 0.2) is 0 Å². The molecule has 0 aliphatic heterocycles. The Hall–Kier alpha value is -1.95. The molecule has 0 amide bonds. The second-order valence-corrected chi connectivity index (χ2v) is 4.61. The molecule has 0 aliphatic rings. The number of aryl methyl sites for hydroxylation is 1. The molecule has 0 aromatic carbocycles. The number of nitrogens with one attached hydrogen (secondary N) is 1. The van der Waals surface area contributed by atoms with Gasteiger partial charge in [0.2, 0.25) is 5.78 Å². The van der Waals surface area contributed by atoms with Gasteiger partial charge in [-0.05, 0) is 33.3 Å². The molecule has 6 nitrogen and oxygen atoms in total. The molecule has 0 unspecified atom stereocenters. The minimum atomic E-state index is -0.936. The van der Waals surface area contributed by atoms with Crippen LogP contribution in [-0.4, -0.2) is 42.3 Å². The van der Waals surface area contributed by atoms with Gasteiger partial charge in [0, 0.05) is 18.4 Å². The lowest BCUT2D eigenvalue weighted by molar-refractivity contribution is -0.150. The molecule has 20 heavy (non-hydrogen) atoms. The summed E-state index contributed by atoms with van der Waals surface area (Å²) in [5.41, 5.74) is 2.01. The fraction of sp³-hybridized carbons (Fsp3) is 0.500. The fourth-order valence-electron chi connectivity index (χ4n) is 2.13. The van der Waals surface area contributed by atoms with Crippen molar-refractivity contribution in [3.8, 4) is 0 Å². The number of ether oxygens (including phenoxy) is 2. The monoisotopic (exact) mass is 281 g/mol. The van der Waals surface area contributed by atoms with E-state index in [0.29, 0.717) is 22.5 Å². The minimum Gasteiger partial charge on any atom is -0.452 e. The SMILES string of the molecule is COCC(=O)O[C@H](C)C(=O)c1[nH]c(C)c(C(C)=O)c1C. The van der Waals surface area contributed by atoms with Crippen LogP contribution in [0.2, 0.25) is 0 Å². The quantitative estimate of drug-likeness (QED) is 0.632. The van der Waals surface area contributed by atoms with Crippen LogP contribution < -0.4 is 0 Å². The second kappa shape index (κ2) is 6.47. The molecular weight excluding hydrogens is 262 g/mol. The molecule has 1 aromatic heterocycles. The van der Waals surface area contributed by atoms with Crippen molar-refractivity contribution in [2.75, 3.05) is 13.7 Å². The number of aromatic nitrogens is 1. The first kappa shape index (κ1) is 16.1. The van der Waals surface area contributed by atoms with E-state index in [4.69, 9.17) is 4.74 Å². The maximum atomic E-state index is 12.2. The lowest BCUT2D eigenvalue weighted by Crippen LogP contribution is -2.27. The lowest BCUT2D eigenvalue weighted by Gasteiger charge is -2.11.